The lowest BCUT2D eigenvalue weighted by Crippen LogP contribution is -2.60. The summed E-state index contributed by atoms with van der Waals surface area (Å²) in [6, 6.07) is 0. The van der Waals surface area contributed by atoms with Crippen LogP contribution in [0, 0.1) is 11.3 Å². The van der Waals surface area contributed by atoms with Crippen molar-refractivity contribution in [1.29, 1.82) is 0 Å². The van der Waals surface area contributed by atoms with Gasteiger partial charge in [0.2, 0.25) is 0 Å². The molecule has 0 aromatic carbocycles. The van der Waals surface area contributed by atoms with E-state index < -0.39 is 0 Å². The number of ether oxygens (including phenoxy) is 1. The van der Waals surface area contributed by atoms with Crippen molar-refractivity contribution in [3.63, 3.8) is 0 Å². The molecule has 3 nitrogen and oxygen atoms in total. The number of nitrogens with two attached hydrogens (primary N) is 1. The van der Waals surface area contributed by atoms with Crippen molar-refractivity contribution in [2.75, 3.05) is 19.7 Å². The largest absolute Gasteiger partial charge is 0.377 e. The Balaban J connectivity index is 1.93. The van der Waals surface area contributed by atoms with Crippen molar-refractivity contribution < 1.29 is 4.74 Å². The van der Waals surface area contributed by atoms with E-state index >= 15 is 0 Å². The van der Waals surface area contributed by atoms with Gasteiger partial charge in [0.05, 0.1) is 6.10 Å². The Bertz CT molecular complexity index is 274. The fourth-order valence-electron chi connectivity index (χ4n) is 3.69. The van der Waals surface area contributed by atoms with Crippen LogP contribution in [0.15, 0.2) is 0 Å². The first-order chi connectivity index (χ1) is 8.47. The highest BCUT2D eigenvalue weighted by Crippen LogP contribution is 2.43. The van der Waals surface area contributed by atoms with Gasteiger partial charge in [0.25, 0.3) is 0 Å². The third kappa shape index (κ3) is 3.06. The molecule has 1 heterocycles. The SMILES string of the molecule is CC1CC(C)(C)CCC1(CN)NCC1CCCO1. The maximum Gasteiger partial charge on any atom is 0.0700 e. The molecule has 3 N–H and O–H groups in total. The summed E-state index contributed by atoms with van der Waals surface area (Å²) in [6.45, 7) is 9.77. The molecule has 1 saturated carbocycles. The lowest BCUT2D eigenvalue weighted by molar-refractivity contribution is 0.0543. The van der Waals surface area contributed by atoms with Crippen LogP contribution in [0.25, 0.3) is 0 Å². The first kappa shape index (κ1) is 14.3. The van der Waals surface area contributed by atoms with Gasteiger partial charge in [0.15, 0.2) is 0 Å². The zero-order valence-electron chi connectivity index (χ0n) is 12.3. The molecule has 2 aliphatic rings. The van der Waals surface area contributed by atoms with Gasteiger partial charge >= 0.3 is 0 Å². The normalized spacial score (nSPS) is 40.0. The molecule has 3 atom stereocenters. The highest BCUT2D eigenvalue weighted by atomic mass is 16.5. The third-order valence-corrected chi connectivity index (χ3v) is 5.12. The molecule has 2 rings (SSSR count). The summed E-state index contributed by atoms with van der Waals surface area (Å²) < 4.78 is 5.71. The molecule has 1 saturated heterocycles. The summed E-state index contributed by atoms with van der Waals surface area (Å²) in [6.07, 6.45) is 6.56. The van der Waals surface area contributed by atoms with E-state index in [2.05, 4.69) is 26.1 Å². The molecule has 0 aromatic rings. The van der Waals surface area contributed by atoms with E-state index in [1.807, 2.05) is 0 Å². The van der Waals surface area contributed by atoms with E-state index in [1.54, 1.807) is 0 Å². The summed E-state index contributed by atoms with van der Waals surface area (Å²) in [5.41, 5.74) is 6.71. The minimum Gasteiger partial charge on any atom is -0.377 e. The van der Waals surface area contributed by atoms with Crippen LogP contribution >= 0.6 is 0 Å². The molecule has 1 aliphatic heterocycles. The molecule has 0 bridgehead atoms. The van der Waals surface area contributed by atoms with Gasteiger partial charge < -0.3 is 15.8 Å². The van der Waals surface area contributed by atoms with E-state index in [4.69, 9.17) is 10.5 Å². The fourth-order valence-corrected chi connectivity index (χ4v) is 3.69. The highest BCUT2D eigenvalue weighted by molar-refractivity contribution is 5.00. The van der Waals surface area contributed by atoms with E-state index in [9.17, 15) is 0 Å². The molecule has 0 aromatic heterocycles. The lowest BCUT2D eigenvalue weighted by atomic mass is 9.64. The fraction of sp³-hybridized carbons (Fsp3) is 1.00. The number of hydrogen-bond acceptors (Lipinski definition) is 3. The van der Waals surface area contributed by atoms with Crippen molar-refractivity contribution in [2.24, 2.45) is 17.1 Å². The highest BCUT2D eigenvalue weighted by Gasteiger charge is 2.42. The molecule has 1 aliphatic carbocycles. The second kappa shape index (κ2) is 5.48. The van der Waals surface area contributed by atoms with E-state index in [-0.39, 0.29) is 5.54 Å². The Kier molecular flexibility index (Phi) is 4.35. The zero-order valence-corrected chi connectivity index (χ0v) is 12.3. The van der Waals surface area contributed by atoms with Gasteiger partial charge in [-0.15, -0.1) is 0 Å². The Morgan fingerprint density at radius 3 is 2.67 bits per heavy atom. The van der Waals surface area contributed by atoms with Crippen LogP contribution < -0.4 is 11.1 Å². The van der Waals surface area contributed by atoms with Gasteiger partial charge in [-0.25, -0.2) is 0 Å². The topological polar surface area (TPSA) is 47.3 Å². The van der Waals surface area contributed by atoms with Crippen LogP contribution in [0.5, 0.6) is 0 Å². The number of hydrogen-bond donors (Lipinski definition) is 2. The quantitative estimate of drug-likeness (QED) is 0.809. The second-order valence-electron chi connectivity index (χ2n) is 7.15. The van der Waals surface area contributed by atoms with Gasteiger partial charge in [-0.05, 0) is 43.4 Å². The number of nitrogens with one attached hydrogen (secondary N) is 1. The summed E-state index contributed by atoms with van der Waals surface area (Å²) in [7, 11) is 0. The minimum atomic E-state index is 0.140. The third-order valence-electron chi connectivity index (χ3n) is 5.12. The van der Waals surface area contributed by atoms with Crippen LogP contribution in [0.3, 0.4) is 0 Å². The maximum atomic E-state index is 6.10. The lowest BCUT2D eigenvalue weighted by Gasteiger charge is -2.49. The van der Waals surface area contributed by atoms with Crippen molar-refractivity contribution in [3.8, 4) is 0 Å². The van der Waals surface area contributed by atoms with Gasteiger partial charge in [-0.2, -0.15) is 0 Å². The van der Waals surface area contributed by atoms with E-state index in [0.717, 1.165) is 19.7 Å². The molecule has 106 valence electrons. The van der Waals surface area contributed by atoms with E-state index in [0.29, 0.717) is 17.4 Å². The molecular weight excluding hydrogens is 224 g/mol. The van der Waals surface area contributed by atoms with Gasteiger partial charge in [0, 0.05) is 25.2 Å². The average molecular weight is 254 g/mol. The molecule has 18 heavy (non-hydrogen) atoms. The van der Waals surface area contributed by atoms with Crippen LogP contribution in [0.1, 0.15) is 52.9 Å². The Labute approximate surface area is 112 Å². The molecule has 0 spiro atoms. The van der Waals surface area contributed by atoms with Gasteiger partial charge in [-0.1, -0.05) is 20.8 Å². The van der Waals surface area contributed by atoms with Crippen molar-refractivity contribution in [2.45, 2.75) is 64.5 Å². The second-order valence-corrected chi connectivity index (χ2v) is 7.15. The predicted octanol–water partition coefficient (Wildman–Crippen LogP) is 2.30. The van der Waals surface area contributed by atoms with Crippen molar-refractivity contribution >= 4 is 0 Å². The zero-order chi connectivity index (χ0) is 13.2. The molecule has 3 heteroatoms. The smallest absolute Gasteiger partial charge is 0.0700 e. The van der Waals surface area contributed by atoms with Gasteiger partial charge in [-0.3, -0.25) is 0 Å². The monoisotopic (exact) mass is 254 g/mol. The van der Waals surface area contributed by atoms with Crippen LogP contribution in [0.4, 0.5) is 0 Å². The van der Waals surface area contributed by atoms with Crippen LogP contribution in [-0.2, 0) is 4.74 Å². The van der Waals surface area contributed by atoms with Crippen molar-refractivity contribution in [1.82, 2.24) is 5.32 Å². The molecular formula is C15H30N2O. The summed E-state index contributed by atoms with van der Waals surface area (Å²) in [5.74, 6) is 0.646. The van der Waals surface area contributed by atoms with Gasteiger partial charge in [0.1, 0.15) is 0 Å². The number of rotatable bonds is 4. The molecule has 3 unspecified atom stereocenters. The Morgan fingerprint density at radius 1 is 1.33 bits per heavy atom. The first-order valence-corrected chi connectivity index (χ1v) is 7.54. The summed E-state index contributed by atoms with van der Waals surface area (Å²) in [4.78, 5) is 0. The Hall–Kier alpha value is -0.120. The van der Waals surface area contributed by atoms with Crippen LogP contribution in [0.2, 0.25) is 0 Å². The van der Waals surface area contributed by atoms with Crippen LogP contribution in [-0.4, -0.2) is 31.3 Å². The average Bonchev–Trinajstić information content (AvgIpc) is 2.81. The maximum absolute atomic E-state index is 6.10. The first-order valence-electron chi connectivity index (χ1n) is 7.54. The minimum absolute atomic E-state index is 0.140. The predicted molar refractivity (Wildman–Crippen MR) is 75.6 cm³/mol. The Morgan fingerprint density at radius 2 is 2.11 bits per heavy atom. The molecule has 0 amide bonds. The summed E-state index contributed by atoms with van der Waals surface area (Å²) in [5, 5.41) is 3.76. The summed E-state index contributed by atoms with van der Waals surface area (Å²) >= 11 is 0. The van der Waals surface area contributed by atoms with Crippen molar-refractivity contribution in [3.05, 3.63) is 0 Å². The van der Waals surface area contributed by atoms with E-state index in [1.165, 1.54) is 32.1 Å². The molecule has 0 radical (unpaired) electrons. The molecule has 2 fully saturated rings. The standard InChI is InChI=1S/C15H30N2O/c1-12-9-14(2,3)6-7-15(12,11-16)17-10-13-5-4-8-18-13/h12-13,17H,4-11,16H2,1-3H3.